The Morgan fingerprint density at radius 3 is 2.12 bits per heavy atom. The van der Waals surface area contributed by atoms with Crippen LogP contribution >= 0.6 is 11.8 Å². The predicted molar refractivity (Wildman–Crippen MR) is 67.7 cm³/mol. The van der Waals surface area contributed by atoms with Crippen molar-refractivity contribution in [3.05, 3.63) is 30.3 Å². The van der Waals surface area contributed by atoms with Crippen LogP contribution in [0.25, 0.3) is 0 Å². The van der Waals surface area contributed by atoms with Gasteiger partial charge in [-0.15, -0.1) is 11.8 Å². The molecule has 2 heteroatoms. The molecule has 2 saturated carbocycles. The summed E-state index contributed by atoms with van der Waals surface area (Å²) in [6, 6.07) is 10.5. The summed E-state index contributed by atoms with van der Waals surface area (Å²) >= 11 is 1.90. The fourth-order valence-corrected chi connectivity index (χ4v) is 4.35. The maximum Gasteiger partial charge on any atom is 0.0797 e. The van der Waals surface area contributed by atoms with Crippen molar-refractivity contribution in [3.63, 3.8) is 0 Å². The van der Waals surface area contributed by atoms with Crippen LogP contribution in [0.2, 0.25) is 0 Å². The van der Waals surface area contributed by atoms with Crippen LogP contribution in [0.1, 0.15) is 38.5 Å². The molecule has 0 aromatic heterocycles. The number of hydrogen-bond donors (Lipinski definition) is 1. The van der Waals surface area contributed by atoms with Gasteiger partial charge in [0.25, 0.3) is 0 Å². The number of benzene rings is 1. The van der Waals surface area contributed by atoms with Gasteiger partial charge >= 0.3 is 0 Å². The van der Waals surface area contributed by atoms with Gasteiger partial charge in [0.15, 0.2) is 0 Å². The smallest absolute Gasteiger partial charge is 0.0797 e. The minimum Gasteiger partial charge on any atom is -0.388 e. The third-order valence-electron chi connectivity index (χ3n) is 4.04. The van der Waals surface area contributed by atoms with Gasteiger partial charge < -0.3 is 5.11 Å². The maximum atomic E-state index is 10.7. The van der Waals surface area contributed by atoms with Crippen molar-refractivity contribution >= 4 is 11.8 Å². The average molecular weight is 234 g/mol. The molecular weight excluding hydrogens is 216 g/mol. The first kappa shape index (κ1) is 10.7. The van der Waals surface area contributed by atoms with Crippen molar-refractivity contribution in [2.45, 2.75) is 53.8 Å². The number of aliphatic hydroxyl groups is 1. The Labute approximate surface area is 101 Å². The zero-order valence-electron chi connectivity index (χ0n) is 9.48. The molecule has 0 bridgehead atoms. The van der Waals surface area contributed by atoms with E-state index in [1.807, 2.05) is 17.8 Å². The second-order valence-electron chi connectivity index (χ2n) is 5.15. The minimum atomic E-state index is -0.381. The summed E-state index contributed by atoms with van der Waals surface area (Å²) in [5, 5.41) is 10.7. The van der Waals surface area contributed by atoms with E-state index < -0.39 is 0 Å². The second-order valence-corrected chi connectivity index (χ2v) is 6.61. The van der Waals surface area contributed by atoms with E-state index >= 15 is 0 Å². The largest absolute Gasteiger partial charge is 0.388 e. The highest BCUT2D eigenvalue weighted by atomic mass is 32.2. The van der Waals surface area contributed by atoms with E-state index in [1.165, 1.54) is 30.6 Å². The molecule has 3 rings (SSSR count). The molecule has 1 aromatic carbocycles. The van der Waals surface area contributed by atoms with E-state index in [2.05, 4.69) is 24.3 Å². The molecule has 0 saturated heterocycles. The Morgan fingerprint density at radius 2 is 1.56 bits per heavy atom. The van der Waals surface area contributed by atoms with Gasteiger partial charge in [-0.05, 0) is 37.8 Å². The third-order valence-corrected chi connectivity index (χ3v) is 5.73. The first-order valence-corrected chi connectivity index (χ1v) is 7.02. The number of hydrogen-bond acceptors (Lipinski definition) is 2. The van der Waals surface area contributed by atoms with E-state index in [9.17, 15) is 5.11 Å². The minimum absolute atomic E-state index is 0.144. The molecule has 1 aromatic rings. The summed E-state index contributed by atoms with van der Waals surface area (Å²) < 4.78 is 0.144. The van der Waals surface area contributed by atoms with Crippen LogP contribution in [0.5, 0.6) is 0 Å². The van der Waals surface area contributed by atoms with E-state index in [-0.39, 0.29) is 10.3 Å². The molecule has 0 aliphatic heterocycles. The Morgan fingerprint density at radius 1 is 0.938 bits per heavy atom. The van der Waals surface area contributed by atoms with Gasteiger partial charge in [0.1, 0.15) is 0 Å². The summed E-state index contributed by atoms with van der Waals surface area (Å²) in [6.07, 6.45) is 6.78. The first-order chi connectivity index (χ1) is 7.74. The molecule has 0 unspecified atom stereocenters. The van der Waals surface area contributed by atoms with Gasteiger partial charge in [-0.25, -0.2) is 0 Å². The van der Waals surface area contributed by atoms with Crippen molar-refractivity contribution in [2.75, 3.05) is 0 Å². The predicted octanol–water partition coefficient (Wildman–Crippen LogP) is 3.62. The second kappa shape index (κ2) is 3.78. The monoisotopic (exact) mass is 234 g/mol. The highest BCUT2D eigenvalue weighted by Gasteiger charge is 2.59. The lowest BCUT2D eigenvalue weighted by Crippen LogP contribution is -2.39. The standard InChI is InChI=1S/C14H18OS/c15-13(8-4-5-9-13)14(10-11-14)16-12-6-2-1-3-7-12/h1-3,6-7,15H,4-5,8-11H2. The van der Waals surface area contributed by atoms with Gasteiger partial charge in [0.05, 0.1) is 5.60 Å². The molecule has 0 atom stereocenters. The van der Waals surface area contributed by atoms with Crippen LogP contribution in [0.3, 0.4) is 0 Å². The molecule has 0 radical (unpaired) electrons. The van der Waals surface area contributed by atoms with Crippen LogP contribution in [0, 0.1) is 0 Å². The quantitative estimate of drug-likeness (QED) is 0.862. The Hall–Kier alpha value is -0.470. The Bertz CT molecular complexity index is 364. The molecule has 0 amide bonds. The molecule has 86 valence electrons. The zero-order valence-corrected chi connectivity index (χ0v) is 10.3. The summed E-state index contributed by atoms with van der Waals surface area (Å²) in [6.45, 7) is 0. The summed E-state index contributed by atoms with van der Waals surface area (Å²) in [5.74, 6) is 0. The first-order valence-electron chi connectivity index (χ1n) is 6.21. The van der Waals surface area contributed by atoms with Gasteiger partial charge in [-0.2, -0.15) is 0 Å². The Kier molecular flexibility index (Phi) is 2.52. The van der Waals surface area contributed by atoms with Crippen LogP contribution in [0.15, 0.2) is 35.2 Å². The van der Waals surface area contributed by atoms with Crippen LogP contribution in [-0.4, -0.2) is 15.5 Å². The van der Waals surface area contributed by atoms with Gasteiger partial charge in [0, 0.05) is 9.64 Å². The highest BCUT2D eigenvalue weighted by molar-refractivity contribution is 8.01. The summed E-state index contributed by atoms with van der Waals surface area (Å²) in [7, 11) is 0. The molecule has 2 aliphatic rings. The fraction of sp³-hybridized carbons (Fsp3) is 0.571. The molecule has 1 N–H and O–H groups in total. The lowest BCUT2D eigenvalue weighted by molar-refractivity contribution is 0.0377. The third kappa shape index (κ3) is 1.68. The van der Waals surface area contributed by atoms with Crippen LogP contribution < -0.4 is 0 Å². The van der Waals surface area contributed by atoms with E-state index in [1.54, 1.807) is 0 Å². The van der Waals surface area contributed by atoms with Gasteiger partial charge in [-0.3, -0.25) is 0 Å². The van der Waals surface area contributed by atoms with Gasteiger partial charge in [-0.1, -0.05) is 31.0 Å². The maximum absolute atomic E-state index is 10.7. The highest BCUT2D eigenvalue weighted by Crippen LogP contribution is 2.62. The summed E-state index contributed by atoms with van der Waals surface area (Å²) in [4.78, 5) is 1.31. The molecule has 16 heavy (non-hydrogen) atoms. The SMILES string of the molecule is OC1(C2(Sc3ccccc3)CC2)CCCC1. The van der Waals surface area contributed by atoms with Gasteiger partial charge in [0.2, 0.25) is 0 Å². The van der Waals surface area contributed by atoms with Crippen molar-refractivity contribution in [3.8, 4) is 0 Å². The van der Waals surface area contributed by atoms with E-state index in [0.29, 0.717) is 0 Å². The summed E-state index contributed by atoms with van der Waals surface area (Å²) in [5.41, 5.74) is -0.381. The lowest BCUT2D eigenvalue weighted by atomic mass is 9.95. The van der Waals surface area contributed by atoms with Crippen molar-refractivity contribution < 1.29 is 5.11 Å². The molecular formula is C14H18OS. The Balaban J connectivity index is 1.79. The fourth-order valence-electron chi connectivity index (χ4n) is 2.91. The molecule has 0 heterocycles. The van der Waals surface area contributed by atoms with Crippen LogP contribution in [0.4, 0.5) is 0 Å². The topological polar surface area (TPSA) is 20.2 Å². The zero-order chi connectivity index (χ0) is 11.1. The molecule has 2 fully saturated rings. The molecule has 0 spiro atoms. The van der Waals surface area contributed by atoms with Crippen molar-refractivity contribution in [2.24, 2.45) is 0 Å². The lowest BCUT2D eigenvalue weighted by Gasteiger charge is -2.32. The van der Waals surface area contributed by atoms with E-state index in [0.717, 1.165) is 12.8 Å². The van der Waals surface area contributed by atoms with E-state index in [4.69, 9.17) is 0 Å². The van der Waals surface area contributed by atoms with Crippen molar-refractivity contribution in [1.82, 2.24) is 0 Å². The molecule has 1 nitrogen and oxygen atoms in total. The van der Waals surface area contributed by atoms with Crippen LogP contribution in [-0.2, 0) is 0 Å². The number of rotatable bonds is 3. The average Bonchev–Trinajstić information content (AvgIpc) is 2.95. The van der Waals surface area contributed by atoms with Crippen molar-refractivity contribution in [1.29, 1.82) is 0 Å². The normalized spacial score (nSPS) is 25.6. The molecule has 2 aliphatic carbocycles. The number of thioether (sulfide) groups is 1.